The number of carbonyl (C=O) groups is 3. The number of halogens is 3. The number of nitrogens with zero attached hydrogens (tertiary/aromatic N) is 1. The second-order valence-electron chi connectivity index (χ2n) is 11.9. The number of carbonyl (C=O) groups excluding carboxylic acids is 3. The van der Waals surface area contributed by atoms with Gasteiger partial charge in [-0.1, -0.05) is 18.2 Å². The normalized spacial score (nSPS) is 21.6. The highest BCUT2D eigenvalue weighted by Gasteiger charge is 2.40. The van der Waals surface area contributed by atoms with E-state index < -0.39 is 41.4 Å². The highest BCUT2D eigenvalue weighted by molar-refractivity contribution is 5.96. The fraction of sp³-hybridized carbons (Fsp3) is 0.500. The standard InChI is InChI=1S/C30H37F3N4O5/c1-29(2,3)42-28(41)36-21-9-5-6-18(13-21)24-14-23(38)10-11-25(24)37-16-22(17-37)35-26(39)15-34-27(40)19-7-4-8-20(12-19)30(31,32)33/h4-9,12-13,22-25,38H,10-11,14-17H2,1-3H3,(H,34,40)(H,35,39)(H,36,41). The van der Waals surface area contributed by atoms with E-state index in [1.54, 1.807) is 26.8 Å². The quantitative estimate of drug-likeness (QED) is 0.382. The van der Waals surface area contributed by atoms with Crippen LogP contribution in [0.2, 0.25) is 0 Å². The molecule has 3 unspecified atom stereocenters. The summed E-state index contributed by atoms with van der Waals surface area (Å²) in [7, 11) is 0. The lowest BCUT2D eigenvalue weighted by molar-refractivity contribution is -0.137. The number of rotatable bonds is 7. The van der Waals surface area contributed by atoms with Crippen molar-refractivity contribution in [1.29, 1.82) is 0 Å². The van der Waals surface area contributed by atoms with Crippen LogP contribution in [0.3, 0.4) is 0 Å². The lowest BCUT2D eigenvalue weighted by Crippen LogP contribution is -2.64. The van der Waals surface area contributed by atoms with E-state index in [-0.39, 0.29) is 30.1 Å². The van der Waals surface area contributed by atoms with Crippen LogP contribution in [-0.2, 0) is 15.7 Å². The SMILES string of the molecule is CC(C)(C)OC(=O)Nc1cccc(C2CC(O)CCC2N2CC(NC(=O)CNC(=O)c3cccc(C(F)(F)F)c3)C2)c1. The van der Waals surface area contributed by atoms with Gasteiger partial charge in [0.25, 0.3) is 5.91 Å². The van der Waals surface area contributed by atoms with Crippen LogP contribution in [-0.4, -0.2) is 71.3 Å². The molecule has 4 rings (SSSR count). The number of hydrogen-bond donors (Lipinski definition) is 4. The first-order valence-electron chi connectivity index (χ1n) is 13.9. The average molecular weight is 591 g/mol. The van der Waals surface area contributed by atoms with E-state index in [9.17, 15) is 32.7 Å². The van der Waals surface area contributed by atoms with E-state index in [0.717, 1.165) is 30.2 Å². The van der Waals surface area contributed by atoms with Gasteiger partial charge in [0, 0.05) is 36.3 Å². The van der Waals surface area contributed by atoms with Gasteiger partial charge in [-0.3, -0.25) is 19.8 Å². The molecule has 1 saturated carbocycles. The van der Waals surface area contributed by atoms with Gasteiger partial charge in [0.1, 0.15) is 5.60 Å². The number of nitrogens with one attached hydrogen (secondary N) is 3. The molecule has 3 amide bonds. The molecule has 0 aromatic heterocycles. The molecule has 1 aliphatic carbocycles. The zero-order valence-corrected chi connectivity index (χ0v) is 23.8. The number of hydrogen-bond acceptors (Lipinski definition) is 6. The first-order valence-corrected chi connectivity index (χ1v) is 13.9. The summed E-state index contributed by atoms with van der Waals surface area (Å²) in [6.07, 6.45) is -3.57. The number of ether oxygens (including phenoxy) is 1. The van der Waals surface area contributed by atoms with Crippen molar-refractivity contribution in [3.63, 3.8) is 0 Å². The molecule has 2 aromatic carbocycles. The van der Waals surface area contributed by atoms with Gasteiger partial charge in [0.15, 0.2) is 0 Å². The van der Waals surface area contributed by atoms with Gasteiger partial charge in [-0.25, -0.2) is 4.79 Å². The van der Waals surface area contributed by atoms with Crippen LogP contribution < -0.4 is 16.0 Å². The Kier molecular flexibility index (Phi) is 9.47. The number of aliphatic hydroxyl groups excluding tert-OH is 1. The van der Waals surface area contributed by atoms with Gasteiger partial charge in [-0.15, -0.1) is 0 Å². The summed E-state index contributed by atoms with van der Waals surface area (Å²) >= 11 is 0. The molecule has 1 aliphatic heterocycles. The molecule has 1 heterocycles. The third kappa shape index (κ3) is 8.45. The number of benzene rings is 2. The van der Waals surface area contributed by atoms with E-state index in [2.05, 4.69) is 20.9 Å². The summed E-state index contributed by atoms with van der Waals surface area (Å²) in [5, 5.41) is 18.4. The third-order valence-corrected chi connectivity index (χ3v) is 7.35. The fourth-order valence-corrected chi connectivity index (χ4v) is 5.45. The molecular weight excluding hydrogens is 553 g/mol. The Balaban J connectivity index is 1.29. The molecule has 0 spiro atoms. The van der Waals surface area contributed by atoms with Crippen LogP contribution in [0.4, 0.5) is 23.7 Å². The molecular formula is C30H37F3N4O5. The smallest absolute Gasteiger partial charge is 0.416 e. The van der Waals surface area contributed by atoms with Gasteiger partial charge in [0.2, 0.25) is 5.91 Å². The van der Waals surface area contributed by atoms with E-state index in [0.29, 0.717) is 31.6 Å². The topological polar surface area (TPSA) is 120 Å². The van der Waals surface area contributed by atoms with Crippen LogP contribution in [0.5, 0.6) is 0 Å². The molecule has 2 aromatic rings. The third-order valence-electron chi connectivity index (χ3n) is 7.35. The lowest BCUT2D eigenvalue weighted by atomic mass is 9.76. The molecule has 2 aliphatic rings. The number of likely N-dealkylation sites (tertiary alicyclic amines) is 1. The van der Waals surface area contributed by atoms with E-state index >= 15 is 0 Å². The predicted octanol–water partition coefficient (Wildman–Crippen LogP) is 4.28. The first-order chi connectivity index (χ1) is 19.7. The molecule has 228 valence electrons. The minimum atomic E-state index is -4.57. The molecule has 12 heteroatoms. The summed E-state index contributed by atoms with van der Waals surface area (Å²) in [5.41, 5.74) is -0.159. The molecule has 1 saturated heterocycles. The maximum absolute atomic E-state index is 12.9. The minimum absolute atomic E-state index is 0.0116. The maximum Gasteiger partial charge on any atom is 0.416 e. The average Bonchev–Trinajstić information content (AvgIpc) is 2.88. The second kappa shape index (κ2) is 12.7. The largest absolute Gasteiger partial charge is 0.444 e. The van der Waals surface area contributed by atoms with Crippen LogP contribution in [0.25, 0.3) is 0 Å². The van der Waals surface area contributed by atoms with Crippen molar-refractivity contribution in [1.82, 2.24) is 15.5 Å². The highest BCUT2D eigenvalue weighted by atomic mass is 19.4. The van der Waals surface area contributed by atoms with Gasteiger partial charge >= 0.3 is 12.3 Å². The van der Waals surface area contributed by atoms with Gasteiger partial charge in [-0.2, -0.15) is 13.2 Å². The van der Waals surface area contributed by atoms with Crippen molar-refractivity contribution in [3.05, 3.63) is 65.2 Å². The Labute approximate surface area is 242 Å². The molecule has 3 atom stereocenters. The summed E-state index contributed by atoms with van der Waals surface area (Å²) in [6.45, 7) is 6.17. The Morgan fingerprint density at radius 1 is 1.02 bits per heavy atom. The van der Waals surface area contributed by atoms with Gasteiger partial charge < -0.3 is 20.5 Å². The zero-order valence-electron chi connectivity index (χ0n) is 23.8. The summed E-state index contributed by atoms with van der Waals surface area (Å²) in [4.78, 5) is 39.2. The molecule has 9 nitrogen and oxygen atoms in total. The van der Waals surface area contributed by atoms with Crippen molar-refractivity contribution < 1.29 is 37.4 Å². The number of amides is 3. The van der Waals surface area contributed by atoms with Crippen LogP contribution >= 0.6 is 0 Å². The predicted molar refractivity (Wildman–Crippen MR) is 150 cm³/mol. The Bertz CT molecular complexity index is 1290. The minimum Gasteiger partial charge on any atom is -0.444 e. The van der Waals surface area contributed by atoms with Crippen molar-refractivity contribution >= 4 is 23.6 Å². The Hall–Kier alpha value is -3.64. The molecule has 2 fully saturated rings. The molecule has 4 N–H and O–H groups in total. The summed E-state index contributed by atoms with van der Waals surface area (Å²) in [5.74, 6) is -1.19. The Morgan fingerprint density at radius 2 is 1.74 bits per heavy atom. The first kappa shape index (κ1) is 31.3. The van der Waals surface area contributed by atoms with Crippen molar-refractivity contribution in [2.45, 2.75) is 75.9 Å². The zero-order chi connectivity index (χ0) is 30.7. The number of aliphatic hydroxyl groups is 1. The van der Waals surface area contributed by atoms with Crippen LogP contribution in [0.15, 0.2) is 48.5 Å². The Morgan fingerprint density at radius 3 is 2.43 bits per heavy atom. The van der Waals surface area contributed by atoms with Crippen molar-refractivity contribution in [2.24, 2.45) is 0 Å². The van der Waals surface area contributed by atoms with E-state index in [1.807, 2.05) is 18.2 Å². The number of anilines is 1. The van der Waals surface area contributed by atoms with Crippen LogP contribution in [0.1, 0.15) is 67.4 Å². The highest BCUT2D eigenvalue weighted by Crippen LogP contribution is 2.39. The maximum atomic E-state index is 12.9. The second-order valence-corrected chi connectivity index (χ2v) is 11.9. The summed E-state index contributed by atoms with van der Waals surface area (Å²) in [6, 6.07) is 11.5. The molecule has 0 radical (unpaired) electrons. The van der Waals surface area contributed by atoms with Gasteiger partial charge in [0.05, 0.1) is 24.3 Å². The monoisotopic (exact) mass is 590 g/mol. The number of alkyl halides is 3. The van der Waals surface area contributed by atoms with Crippen molar-refractivity contribution in [2.75, 3.05) is 25.0 Å². The van der Waals surface area contributed by atoms with Crippen LogP contribution in [0, 0.1) is 0 Å². The van der Waals surface area contributed by atoms with E-state index in [1.165, 1.54) is 6.07 Å². The van der Waals surface area contributed by atoms with Crippen molar-refractivity contribution in [3.8, 4) is 0 Å². The molecule has 42 heavy (non-hydrogen) atoms. The fourth-order valence-electron chi connectivity index (χ4n) is 5.45. The lowest BCUT2D eigenvalue weighted by Gasteiger charge is -2.49. The summed E-state index contributed by atoms with van der Waals surface area (Å²) < 4.78 is 44.1. The molecule has 0 bridgehead atoms. The van der Waals surface area contributed by atoms with Gasteiger partial charge in [-0.05, 0) is 75.9 Å². The van der Waals surface area contributed by atoms with E-state index in [4.69, 9.17) is 4.74 Å².